The number of benzene rings is 1. The summed E-state index contributed by atoms with van der Waals surface area (Å²) >= 11 is 0. The third-order valence-electron chi connectivity index (χ3n) is 4.41. The number of hydrogen-bond acceptors (Lipinski definition) is 5. The summed E-state index contributed by atoms with van der Waals surface area (Å²) in [6.45, 7) is 4.59. The average molecular weight is 363 g/mol. The monoisotopic (exact) mass is 363 g/mol. The Labute approximate surface area is 146 Å². The van der Waals surface area contributed by atoms with Crippen molar-refractivity contribution in [2.24, 2.45) is 0 Å². The Morgan fingerprint density at radius 3 is 2.72 bits per heavy atom. The molecular weight excluding hydrogens is 342 g/mol. The zero-order valence-corrected chi connectivity index (χ0v) is 15.2. The fourth-order valence-electron chi connectivity index (χ4n) is 3.21. The predicted octanol–water partition coefficient (Wildman–Crippen LogP) is 1.76. The Morgan fingerprint density at radius 2 is 2.04 bits per heavy atom. The Bertz CT molecular complexity index is 885. The number of fused-ring (bicyclic) bond motifs is 1. The minimum atomic E-state index is -3.88. The number of hydrogen-bond donors (Lipinski definition) is 2. The van der Waals surface area contributed by atoms with Crippen molar-refractivity contribution in [3.63, 3.8) is 0 Å². The second-order valence-electron chi connectivity index (χ2n) is 6.29. The predicted molar refractivity (Wildman–Crippen MR) is 91.4 cm³/mol. The van der Waals surface area contributed by atoms with E-state index >= 15 is 0 Å². The summed E-state index contributed by atoms with van der Waals surface area (Å²) < 4.78 is 32.3. The molecule has 1 aliphatic carbocycles. The van der Waals surface area contributed by atoms with E-state index in [-0.39, 0.29) is 28.3 Å². The topological polar surface area (TPSA) is 101 Å². The van der Waals surface area contributed by atoms with Gasteiger partial charge in [-0.3, -0.25) is 4.79 Å². The number of carbonyl (C=O) groups excluding carboxylic acids is 1. The number of nitrogens with one attached hydrogen (secondary N) is 2. The quantitative estimate of drug-likeness (QED) is 0.843. The smallest absolute Gasteiger partial charge is 0.246 e. The van der Waals surface area contributed by atoms with E-state index in [0.29, 0.717) is 0 Å². The molecule has 0 saturated heterocycles. The third kappa shape index (κ3) is 3.45. The standard InChI is InChI=1S/C17H21N3O4S/c1-10-16(12(3)24-19-10)25(22,23)20-11(2)17(21)18-15-9-8-13-6-4-5-7-14(13)15/h4-7,11,15,20H,8-9H2,1-3H3,(H,18,21)/t11-,15?/m1/s1. The molecule has 134 valence electrons. The van der Waals surface area contributed by atoms with Gasteiger partial charge in [0.2, 0.25) is 15.9 Å². The molecule has 0 fully saturated rings. The van der Waals surface area contributed by atoms with Crippen molar-refractivity contribution in [1.29, 1.82) is 0 Å². The first-order valence-corrected chi connectivity index (χ1v) is 9.61. The summed E-state index contributed by atoms with van der Waals surface area (Å²) in [6, 6.07) is 6.95. The van der Waals surface area contributed by atoms with Gasteiger partial charge in [0.1, 0.15) is 10.6 Å². The number of amides is 1. The lowest BCUT2D eigenvalue weighted by Gasteiger charge is -2.18. The van der Waals surface area contributed by atoms with E-state index in [0.717, 1.165) is 18.4 Å². The summed E-state index contributed by atoms with van der Waals surface area (Å²) in [4.78, 5) is 12.4. The van der Waals surface area contributed by atoms with Gasteiger partial charge in [0.25, 0.3) is 0 Å². The summed E-state index contributed by atoms with van der Waals surface area (Å²) in [5.74, 6) is -0.167. The highest BCUT2D eigenvalue weighted by molar-refractivity contribution is 7.89. The van der Waals surface area contributed by atoms with Crippen molar-refractivity contribution < 1.29 is 17.7 Å². The van der Waals surface area contributed by atoms with Gasteiger partial charge in [-0.25, -0.2) is 8.42 Å². The van der Waals surface area contributed by atoms with Crippen molar-refractivity contribution in [2.75, 3.05) is 0 Å². The Kier molecular flexibility index (Phi) is 4.66. The van der Waals surface area contributed by atoms with E-state index in [1.54, 1.807) is 6.92 Å². The highest BCUT2D eigenvalue weighted by atomic mass is 32.2. The molecule has 2 N–H and O–H groups in total. The van der Waals surface area contributed by atoms with Crippen LogP contribution in [-0.2, 0) is 21.2 Å². The lowest BCUT2D eigenvalue weighted by atomic mass is 10.1. The minimum Gasteiger partial charge on any atom is -0.360 e. The molecule has 1 aromatic heterocycles. The van der Waals surface area contributed by atoms with Crippen LogP contribution >= 0.6 is 0 Å². The first-order valence-electron chi connectivity index (χ1n) is 8.13. The van der Waals surface area contributed by atoms with Gasteiger partial charge in [-0.2, -0.15) is 4.72 Å². The Hall–Kier alpha value is -2.19. The van der Waals surface area contributed by atoms with Crippen LogP contribution in [0.25, 0.3) is 0 Å². The molecule has 0 saturated carbocycles. The van der Waals surface area contributed by atoms with E-state index in [1.807, 2.05) is 24.3 Å². The fourth-order valence-corrected chi connectivity index (χ4v) is 4.74. The van der Waals surface area contributed by atoms with Gasteiger partial charge in [-0.15, -0.1) is 0 Å². The molecule has 2 atom stereocenters. The molecule has 0 radical (unpaired) electrons. The maximum absolute atomic E-state index is 12.5. The molecule has 25 heavy (non-hydrogen) atoms. The van der Waals surface area contributed by atoms with Crippen LogP contribution in [0.3, 0.4) is 0 Å². The second-order valence-corrected chi connectivity index (χ2v) is 7.95. The molecule has 0 spiro atoms. The molecule has 2 aromatic rings. The number of aromatic nitrogens is 1. The van der Waals surface area contributed by atoms with Gasteiger partial charge < -0.3 is 9.84 Å². The van der Waals surface area contributed by atoms with Crippen LogP contribution in [0.5, 0.6) is 0 Å². The molecule has 1 aliphatic rings. The molecular formula is C17H21N3O4S. The fraction of sp³-hybridized carbons (Fsp3) is 0.412. The van der Waals surface area contributed by atoms with E-state index in [1.165, 1.54) is 19.4 Å². The maximum Gasteiger partial charge on any atom is 0.246 e. The van der Waals surface area contributed by atoms with Gasteiger partial charge >= 0.3 is 0 Å². The lowest BCUT2D eigenvalue weighted by Crippen LogP contribution is -2.45. The van der Waals surface area contributed by atoms with Gasteiger partial charge in [-0.05, 0) is 44.7 Å². The second kappa shape index (κ2) is 6.61. The van der Waals surface area contributed by atoms with E-state index in [4.69, 9.17) is 4.52 Å². The molecule has 1 unspecified atom stereocenters. The molecule has 0 bridgehead atoms. The number of carbonyl (C=O) groups is 1. The molecule has 8 heteroatoms. The molecule has 0 aliphatic heterocycles. The Morgan fingerprint density at radius 1 is 1.32 bits per heavy atom. The molecule has 3 rings (SSSR count). The van der Waals surface area contributed by atoms with Crippen LogP contribution in [0.1, 0.15) is 42.0 Å². The van der Waals surface area contributed by atoms with E-state index < -0.39 is 16.1 Å². The van der Waals surface area contributed by atoms with Crippen molar-refractivity contribution in [3.05, 3.63) is 46.8 Å². The van der Waals surface area contributed by atoms with Crippen LogP contribution in [0.4, 0.5) is 0 Å². The van der Waals surface area contributed by atoms with Crippen LogP contribution < -0.4 is 10.0 Å². The summed E-state index contributed by atoms with van der Waals surface area (Å²) in [7, 11) is -3.88. The van der Waals surface area contributed by atoms with Crippen LogP contribution in [0.2, 0.25) is 0 Å². The molecule has 1 amide bonds. The first-order chi connectivity index (χ1) is 11.8. The largest absolute Gasteiger partial charge is 0.360 e. The van der Waals surface area contributed by atoms with E-state index in [9.17, 15) is 13.2 Å². The van der Waals surface area contributed by atoms with Crippen LogP contribution in [-0.4, -0.2) is 25.5 Å². The SMILES string of the molecule is Cc1noc(C)c1S(=O)(=O)N[C@H](C)C(=O)NC1CCc2ccccc21. The highest BCUT2D eigenvalue weighted by Gasteiger charge is 2.30. The summed E-state index contributed by atoms with van der Waals surface area (Å²) in [5, 5.41) is 6.58. The number of aryl methyl sites for hydroxylation is 3. The minimum absolute atomic E-state index is 0.0154. The summed E-state index contributed by atoms with van der Waals surface area (Å²) in [6.07, 6.45) is 1.72. The highest BCUT2D eigenvalue weighted by Crippen LogP contribution is 2.30. The van der Waals surface area contributed by atoms with E-state index in [2.05, 4.69) is 15.2 Å². The third-order valence-corrected chi connectivity index (χ3v) is 6.20. The normalized spacial score (nSPS) is 18.0. The first kappa shape index (κ1) is 17.6. The number of rotatable bonds is 5. The van der Waals surface area contributed by atoms with Crippen molar-refractivity contribution in [3.8, 4) is 0 Å². The van der Waals surface area contributed by atoms with Gasteiger partial charge in [0, 0.05) is 0 Å². The van der Waals surface area contributed by atoms with Gasteiger partial charge in [0.15, 0.2) is 5.76 Å². The van der Waals surface area contributed by atoms with Crippen LogP contribution in [0.15, 0.2) is 33.7 Å². The van der Waals surface area contributed by atoms with Crippen LogP contribution in [0, 0.1) is 13.8 Å². The zero-order chi connectivity index (χ0) is 18.2. The summed E-state index contributed by atoms with van der Waals surface area (Å²) in [5.41, 5.74) is 2.58. The molecule has 7 nitrogen and oxygen atoms in total. The average Bonchev–Trinajstić information content (AvgIpc) is 3.11. The maximum atomic E-state index is 12.5. The van der Waals surface area contributed by atoms with Crippen molar-refractivity contribution in [2.45, 2.75) is 50.6 Å². The lowest BCUT2D eigenvalue weighted by molar-refractivity contribution is -0.123. The number of sulfonamides is 1. The molecule has 1 aromatic carbocycles. The number of nitrogens with zero attached hydrogens (tertiary/aromatic N) is 1. The van der Waals surface area contributed by atoms with Crippen molar-refractivity contribution >= 4 is 15.9 Å². The zero-order valence-electron chi connectivity index (χ0n) is 14.4. The van der Waals surface area contributed by atoms with Gasteiger partial charge in [0.05, 0.1) is 12.1 Å². The van der Waals surface area contributed by atoms with Gasteiger partial charge in [-0.1, -0.05) is 29.4 Å². The van der Waals surface area contributed by atoms with Crippen molar-refractivity contribution in [1.82, 2.24) is 15.2 Å². The molecule has 1 heterocycles. The Balaban J connectivity index is 1.70.